The summed E-state index contributed by atoms with van der Waals surface area (Å²) in [6, 6.07) is 9.48. The van der Waals surface area contributed by atoms with Crippen LogP contribution in [0.2, 0.25) is 0 Å². The molecule has 1 aliphatic heterocycles. The number of ether oxygens (including phenoxy) is 1. The quantitative estimate of drug-likeness (QED) is 0.580. The molecule has 1 saturated heterocycles. The van der Waals surface area contributed by atoms with Crippen LogP contribution in [0.5, 0.6) is 5.75 Å². The van der Waals surface area contributed by atoms with E-state index < -0.39 is 17.0 Å². The lowest BCUT2D eigenvalue weighted by Crippen LogP contribution is -2.32. The second-order valence-corrected chi connectivity index (χ2v) is 7.31. The Morgan fingerprint density at radius 2 is 2.04 bits per heavy atom. The Morgan fingerprint density at radius 1 is 1.33 bits per heavy atom. The molecule has 2 aromatic rings. The number of amides is 1. The standard InChI is InChI=1S/C18H18N2O6S/c1-11(2)10-25-13-5-3-12(4-6-13)19-17(21)15(27-18(19)22)9-14-7-8-16(26-14)20(23)24/h3-9,11,17,21H,10H2,1-2H3/b15-9-. The zero-order valence-corrected chi connectivity index (χ0v) is 15.5. The first-order chi connectivity index (χ1) is 12.8. The van der Waals surface area contributed by atoms with Gasteiger partial charge in [0.15, 0.2) is 6.23 Å². The molecule has 0 spiro atoms. The van der Waals surface area contributed by atoms with Crippen molar-refractivity contribution < 1.29 is 24.0 Å². The number of furan rings is 1. The molecule has 1 aromatic carbocycles. The highest BCUT2D eigenvalue weighted by atomic mass is 32.2. The van der Waals surface area contributed by atoms with Gasteiger partial charge in [0.2, 0.25) is 0 Å². The van der Waals surface area contributed by atoms with Crippen LogP contribution in [0.1, 0.15) is 19.6 Å². The Balaban J connectivity index is 1.76. The van der Waals surface area contributed by atoms with E-state index in [1.807, 2.05) is 13.8 Å². The van der Waals surface area contributed by atoms with Gasteiger partial charge in [-0.1, -0.05) is 13.8 Å². The minimum absolute atomic E-state index is 0.190. The maximum absolute atomic E-state index is 12.3. The zero-order valence-electron chi connectivity index (χ0n) is 14.7. The fourth-order valence-electron chi connectivity index (χ4n) is 2.40. The molecule has 9 heteroatoms. The van der Waals surface area contributed by atoms with Crippen LogP contribution in [0.25, 0.3) is 6.08 Å². The number of aliphatic hydroxyl groups excluding tert-OH is 1. The minimum Gasteiger partial charge on any atom is -0.493 e. The van der Waals surface area contributed by atoms with Gasteiger partial charge in [-0.3, -0.25) is 19.8 Å². The Bertz CT molecular complexity index is 874. The van der Waals surface area contributed by atoms with E-state index in [4.69, 9.17) is 9.15 Å². The van der Waals surface area contributed by atoms with Gasteiger partial charge < -0.3 is 14.3 Å². The number of carbonyl (C=O) groups excluding carboxylic acids is 1. The number of aliphatic hydroxyl groups is 1. The molecular weight excluding hydrogens is 372 g/mol. The normalized spacial score (nSPS) is 18.5. The van der Waals surface area contributed by atoms with Crippen LogP contribution in [0.15, 0.2) is 45.7 Å². The molecule has 1 aliphatic rings. The number of nitrogens with zero attached hydrogens (tertiary/aromatic N) is 2. The van der Waals surface area contributed by atoms with Crippen molar-refractivity contribution in [3.63, 3.8) is 0 Å². The van der Waals surface area contributed by atoms with Gasteiger partial charge in [0.1, 0.15) is 16.4 Å². The molecule has 1 amide bonds. The summed E-state index contributed by atoms with van der Waals surface area (Å²) in [5, 5.41) is 20.8. The average Bonchev–Trinajstić information content (AvgIpc) is 3.19. The number of rotatable bonds is 6. The molecule has 1 fully saturated rings. The van der Waals surface area contributed by atoms with Gasteiger partial charge in [0.25, 0.3) is 5.24 Å². The molecule has 27 heavy (non-hydrogen) atoms. The third-order valence-electron chi connectivity index (χ3n) is 3.68. The van der Waals surface area contributed by atoms with Crippen molar-refractivity contribution in [3.8, 4) is 5.75 Å². The molecule has 1 unspecified atom stereocenters. The zero-order chi connectivity index (χ0) is 19.6. The molecule has 2 heterocycles. The van der Waals surface area contributed by atoms with Gasteiger partial charge in [-0.25, -0.2) is 0 Å². The number of hydrogen-bond acceptors (Lipinski definition) is 7. The predicted molar refractivity (Wildman–Crippen MR) is 102 cm³/mol. The summed E-state index contributed by atoms with van der Waals surface area (Å²) in [5.74, 6) is 0.864. The van der Waals surface area contributed by atoms with Crippen molar-refractivity contribution in [2.24, 2.45) is 5.92 Å². The Hall–Kier alpha value is -2.78. The lowest BCUT2D eigenvalue weighted by Gasteiger charge is -2.20. The number of nitro groups is 1. The summed E-state index contributed by atoms with van der Waals surface area (Å²) in [4.78, 5) is 23.9. The molecule has 0 aliphatic carbocycles. The van der Waals surface area contributed by atoms with Crippen LogP contribution in [-0.4, -0.2) is 28.1 Å². The molecule has 3 rings (SSSR count). The van der Waals surface area contributed by atoms with Gasteiger partial charge in [-0.05, 0) is 54.1 Å². The van der Waals surface area contributed by atoms with Crippen LogP contribution in [0.3, 0.4) is 0 Å². The molecule has 1 atom stereocenters. The fraction of sp³-hybridized carbons (Fsp3) is 0.278. The van der Waals surface area contributed by atoms with E-state index >= 15 is 0 Å². The molecule has 8 nitrogen and oxygen atoms in total. The second kappa shape index (κ2) is 7.85. The van der Waals surface area contributed by atoms with Crippen molar-refractivity contribution in [1.82, 2.24) is 0 Å². The van der Waals surface area contributed by atoms with Crippen molar-refractivity contribution in [3.05, 3.63) is 57.2 Å². The molecular formula is C18H18N2O6S. The smallest absolute Gasteiger partial charge is 0.433 e. The van der Waals surface area contributed by atoms with Crippen LogP contribution in [-0.2, 0) is 0 Å². The van der Waals surface area contributed by atoms with E-state index in [2.05, 4.69) is 0 Å². The number of carbonyl (C=O) groups is 1. The van der Waals surface area contributed by atoms with Gasteiger partial charge in [0.05, 0.1) is 12.7 Å². The highest BCUT2D eigenvalue weighted by molar-refractivity contribution is 8.17. The summed E-state index contributed by atoms with van der Waals surface area (Å²) < 4.78 is 10.7. The largest absolute Gasteiger partial charge is 0.493 e. The molecule has 142 valence electrons. The number of benzene rings is 1. The number of anilines is 1. The number of thioether (sulfide) groups is 1. The summed E-state index contributed by atoms with van der Waals surface area (Å²) in [5.41, 5.74) is 0.519. The predicted octanol–water partition coefficient (Wildman–Crippen LogP) is 4.26. The lowest BCUT2D eigenvalue weighted by atomic mass is 10.2. The van der Waals surface area contributed by atoms with E-state index in [9.17, 15) is 20.0 Å². The Morgan fingerprint density at radius 3 is 2.63 bits per heavy atom. The van der Waals surface area contributed by atoms with E-state index in [-0.39, 0.29) is 11.0 Å². The maximum atomic E-state index is 12.3. The fourth-order valence-corrected chi connectivity index (χ4v) is 3.30. The van der Waals surface area contributed by atoms with Crippen molar-refractivity contribution in [2.75, 3.05) is 11.5 Å². The summed E-state index contributed by atoms with van der Waals surface area (Å²) in [6.45, 7) is 4.68. The number of hydrogen-bond donors (Lipinski definition) is 1. The van der Waals surface area contributed by atoms with Gasteiger partial charge in [-0.15, -0.1) is 0 Å². The third kappa shape index (κ3) is 4.32. The van der Waals surface area contributed by atoms with Gasteiger partial charge in [0, 0.05) is 10.6 Å². The Kier molecular flexibility index (Phi) is 5.52. The first-order valence-electron chi connectivity index (χ1n) is 8.23. The van der Waals surface area contributed by atoms with Crippen molar-refractivity contribution in [1.29, 1.82) is 0 Å². The monoisotopic (exact) mass is 390 g/mol. The highest BCUT2D eigenvalue weighted by Crippen LogP contribution is 2.39. The van der Waals surface area contributed by atoms with E-state index in [1.54, 1.807) is 24.3 Å². The molecule has 1 N–H and O–H groups in total. The van der Waals surface area contributed by atoms with E-state index in [1.165, 1.54) is 23.1 Å². The first-order valence-corrected chi connectivity index (χ1v) is 9.04. The second-order valence-electron chi connectivity index (χ2n) is 6.29. The summed E-state index contributed by atoms with van der Waals surface area (Å²) >= 11 is 0.844. The molecule has 0 bridgehead atoms. The van der Waals surface area contributed by atoms with E-state index in [0.717, 1.165) is 11.8 Å². The van der Waals surface area contributed by atoms with Gasteiger partial charge in [-0.2, -0.15) is 0 Å². The lowest BCUT2D eigenvalue weighted by molar-refractivity contribution is -0.402. The summed E-state index contributed by atoms with van der Waals surface area (Å²) in [6.07, 6.45) is 0.217. The van der Waals surface area contributed by atoms with Crippen LogP contribution in [0.4, 0.5) is 16.4 Å². The van der Waals surface area contributed by atoms with Crippen molar-refractivity contribution >= 4 is 34.6 Å². The minimum atomic E-state index is -1.20. The molecule has 0 radical (unpaired) electrons. The highest BCUT2D eigenvalue weighted by Gasteiger charge is 2.36. The average molecular weight is 390 g/mol. The SMILES string of the molecule is CC(C)COc1ccc(N2C(=O)S/C(=C\c3ccc([N+](=O)[O-])o3)C2O)cc1. The van der Waals surface area contributed by atoms with Crippen LogP contribution < -0.4 is 9.64 Å². The molecule has 0 saturated carbocycles. The summed E-state index contributed by atoms with van der Waals surface area (Å²) in [7, 11) is 0. The van der Waals surface area contributed by atoms with Crippen LogP contribution >= 0.6 is 11.8 Å². The van der Waals surface area contributed by atoms with E-state index in [0.29, 0.717) is 28.9 Å². The Labute approximate surface area is 159 Å². The third-order valence-corrected chi connectivity index (χ3v) is 4.61. The van der Waals surface area contributed by atoms with Crippen LogP contribution in [0, 0.1) is 16.0 Å². The topological polar surface area (TPSA) is 106 Å². The maximum Gasteiger partial charge on any atom is 0.433 e. The van der Waals surface area contributed by atoms with Crippen molar-refractivity contribution in [2.45, 2.75) is 20.1 Å². The molecule has 1 aromatic heterocycles. The van der Waals surface area contributed by atoms with Gasteiger partial charge >= 0.3 is 5.88 Å². The first kappa shape index (κ1) is 19.0.